The minimum atomic E-state index is -3.42. The maximum Gasteiger partial charge on any atom is 0.250 e. The molecule has 0 bridgehead atoms. The summed E-state index contributed by atoms with van der Waals surface area (Å²) < 4.78 is 32.4. The number of nitrogens with two attached hydrogens (primary N) is 1. The summed E-state index contributed by atoms with van der Waals surface area (Å²) in [5.74, 6) is 0. The summed E-state index contributed by atoms with van der Waals surface area (Å²) >= 11 is 1.21. The molecule has 0 radical (unpaired) electrons. The Bertz CT molecular complexity index is 478. The van der Waals surface area contributed by atoms with Crippen LogP contribution in [0.3, 0.4) is 0 Å². The van der Waals surface area contributed by atoms with Crippen LogP contribution in [-0.4, -0.2) is 27.7 Å². The van der Waals surface area contributed by atoms with E-state index in [1.54, 1.807) is 12.1 Å². The van der Waals surface area contributed by atoms with E-state index in [0.29, 0.717) is 17.3 Å². The fraction of sp³-hybridized carbons (Fsp3) is 0.636. The van der Waals surface area contributed by atoms with Crippen molar-refractivity contribution < 1.29 is 13.2 Å². The Kier molecular flexibility index (Phi) is 4.74. The lowest BCUT2D eigenvalue weighted by Gasteiger charge is -2.22. The van der Waals surface area contributed by atoms with Gasteiger partial charge in [0.1, 0.15) is 4.21 Å². The van der Waals surface area contributed by atoms with Gasteiger partial charge in [0.25, 0.3) is 0 Å². The van der Waals surface area contributed by atoms with E-state index in [-0.39, 0.29) is 6.10 Å². The highest BCUT2D eigenvalue weighted by atomic mass is 32.2. The lowest BCUT2D eigenvalue weighted by atomic mass is 10.1. The van der Waals surface area contributed by atoms with Crippen molar-refractivity contribution in [3.63, 3.8) is 0 Å². The number of hydrogen-bond donors (Lipinski definition) is 2. The predicted molar refractivity (Wildman–Crippen MR) is 71.0 cm³/mol. The van der Waals surface area contributed by atoms with Gasteiger partial charge in [0.15, 0.2) is 0 Å². The number of thiophene rings is 1. The monoisotopic (exact) mass is 290 g/mol. The molecule has 0 aromatic carbocycles. The minimum absolute atomic E-state index is 0.00228. The van der Waals surface area contributed by atoms with Crippen LogP contribution in [-0.2, 0) is 21.3 Å². The Morgan fingerprint density at radius 2 is 2.28 bits per heavy atom. The van der Waals surface area contributed by atoms with E-state index in [4.69, 9.17) is 10.5 Å². The number of rotatable bonds is 5. The Hall–Kier alpha value is -0.470. The zero-order valence-electron chi connectivity index (χ0n) is 10.1. The van der Waals surface area contributed by atoms with E-state index < -0.39 is 10.0 Å². The lowest BCUT2D eigenvalue weighted by Crippen LogP contribution is -2.35. The molecule has 1 aromatic rings. The topological polar surface area (TPSA) is 81.4 Å². The van der Waals surface area contributed by atoms with Gasteiger partial charge in [-0.1, -0.05) is 0 Å². The molecule has 0 spiro atoms. The average Bonchev–Trinajstić information content (AvgIpc) is 2.87. The van der Waals surface area contributed by atoms with Crippen molar-refractivity contribution in [2.45, 2.75) is 36.1 Å². The van der Waals surface area contributed by atoms with Gasteiger partial charge in [-0.25, -0.2) is 13.1 Å². The first-order valence-corrected chi connectivity index (χ1v) is 8.32. The van der Waals surface area contributed by atoms with E-state index in [1.165, 1.54) is 11.3 Å². The Labute approximate surface area is 111 Å². The summed E-state index contributed by atoms with van der Waals surface area (Å²) in [6.45, 7) is 1.44. The van der Waals surface area contributed by atoms with Gasteiger partial charge in [0.05, 0.1) is 6.10 Å². The Morgan fingerprint density at radius 1 is 1.44 bits per heavy atom. The van der Waals surface area contributed by atoms with Gasteiger partial charge in [-0.3, -0.25) is 0 Å². The van der Waals surface area contributed by atoms with Crippen LogP contribution >= 0.6 is 11.3 Å². The van der Waals surface area contributed by atoms with Crippen molar-refractivity contribution in [2.24, 2.45) is 5.73 Å². The molecule has 0 amide bonds. The molecule has 1 fully saturated rings. The molecule has 0 aliphatic carbocycles. The second-order valence-electron chi connectivity index (χ2n) is 4.27. The maximum absolute atomic E-state index is 12.0. The maximum atomic E-state index is 12.0. The highest BCUT2D eigenvalue weighted by Gasteiger charge is 2.20. The van der Waals surface area contributed by atoms with Crippen LogP contribution in [0.1, 0.15) is 24.1 Å². The first-order valence-electron chi connectivity index (χ1n) is 6.02. The fourth-order valence-electron chi connectivity index (χ4n) is 1.85. The van der Waals surface area contributed by atoms with Crippen molar-refractivity contribution in [2.75, 3.05) is 13.2 Å². The van der Waals surface area contributed by atoms with Gasteiger partial charge in [-0.2, -0.15) is 0 Å². The molecule has 1 atom stereocenters. The zero-order valence-corrected chi connectivity index (χ0v) is 11.7. The molecule has 0 saturated carbocycles. The normalized spacial score (nSPS) is 21.1. The van der Waals surface area contributed by atoms with Gasteiger partial charge >= 0.3 is 0 Å². The zero-order chi connectivity index (χ0) is 13.0. The van der Waals surface area contributed by atoms with Crippen molar-refractivity contribution in [3.05, 3.63) is 17.0 Å². The Balaban J connectivity index is 1.94. The van der Waals surface area contributed by atoms with Crippen molar-refractivity contribution in [1.82, 2.24) is 4.72 Å². The van der Waals surface area contributed by atoms with Gasteiger partial charge in [0.2, 0.25) is 10.0 Å². The first-order chi connectivity index (χ1) is 8.62. The van der Waals surface area contributed by atoms with Crippen LogP contribution in [0.2, 0.25) is 0 Å². The second kappa shape index (κ2) is 6.12. The molecule has 1 saturated heterocycles. The molecule has 1 aliphatic rings. The van der Waals surface area contributed by atoms with E-state index in [2.05, 4.69) is 4.72 Å². The molecule has 5 nitrogen and oxygen atoms in total. The van der Waals surface area contributed by atoms with Crippen LogP contribution in [0.25, 0.3) is 0 Å². The quantitative estimate of drug-likeness (QED) is 0.849. The number of nitrogens with one attached hydrogen (secondary N) is 1. The molecule has 1 aliphatic heterocycles. The van der Waals surface area contributed by atoms with Crippen LogP contribution in [0.4, 0.5) is 0 Å². The molecule has 102 valence electrons. The first kappa shape index (κ1) is 14.0. The number of ether oxygens (including phenoxy) is 1. The molecule has 7 heteroatoms. The molecular weight excluding hydrogens is 272 g/mol. The number of sulfonamides is 1. The van der Waals surface area contributed by atoms with Crippen LogP contribution < -0.4 is 10.5 Å². The fourth-order valence-corrected chi connectivity index (χ4v) is 4.20. The molecule has 3 N–H and O–H groups in total. The smallest absolute Gasteiger partial charge is 0.250 e. The number of hydrogen-bond acceptors (Lipinski definition) is 5. The third-order valence-corrected chi connectivity index (χ3v) is 5.90. The van der Waals surface area contributed by atoms with Crippen molar-refractivity contribution >= 4 is 21.4 Å². The molecule has 18 heavy (non-hydrogen) atoms. The second-order valence-corrected chi connectivity index (χ2v) is 7.43. The van der Waals surface area contributed by atoms with Gasteiger partial charge in [-0.15, -0.1) is 11.3 Å². The SMILES string of the molecule is NCc1ccc(S(=O)(=O)NCC2CCCCO2)s1. The average molecular weight is 290 g/mol. The highest BCUT2D eigenvalue weighted by molar-refractivity contribution is 7.91. The summed E-state index contributed by atoms with van der Waals surface area (Å²) in [6, 6.07) is 3.34. The van der Waals surface area contributed by atoms with E-state index in [0.717, 1.165) is 30.7 Å². The van der Waals surface area contributed by atoms with E-state index in [1.807, 2.05) is 0 Å². The van der Waals surface area contributed by atoms with E-state index in [9.17, 15) is 8.42 Å². The highest BCUT2D eigenvalue weighted by Crippen LogP contribution is 2.21. The van der Waals surface area contributed by atoms with Crippen LogP contribution in [0.15, 0.2) is 16.3 Å². The molecule has 1 aromatic heterocycles. The van der Waals surface area contributed by atoms with Crippen molar-refractivity contribution in [3.8, 4) is 0 Å². The van der Waals surface area contributed by atoms with Crippen LogP contribution in [0, 0.1) is 0 Å². The summed E-state index contributed by atoms with van der Waals surface area (Å²) in [5, 5.41) is 0. The standard InChI is InChI=1S/C11H18N2O3S2/c12-7-10-4-5-11(17-10)18(14,15)13-8-9-3-1-2-6-16-9/h4-5,9,13H,1-3,6-8,12H2. The third kappa shape index (κ3) is 3.52. The van der Waals surface area contributed by atoms with E-state index >= 15 is 0 Å². The summed E-state index contributed by atoms with van der Waals surface area (Å²) in [4.78, 5) is 0.865. The van der Waals surface area contributed by atoms with Gasteiger partial charge in [0, 0.05) is 24.6 Å². The molecule has 2 rings (SSSR count). The van der Waals surface area contributed by atoms with Gasteiger partial charge < -0.3 is 10.5 Å². The van der Waals surface area contributed by atoms with Crippen molar-refractivity contribution in [1.29, 1.82) is 0 Å². The summed E-state index contributed by atoms with van der Waals surface area (Å²) in [6.07, 6.45) is 3.08. The molecule has 2 heterocycles. The predicted octanol–water partition coefficient (Wildman–Crippen LogP) is 1.05. The summed E-state index contributed by atoms with van der Waals surface area (Å²) in [5.41, 5.74) is 5.47. The third-order valence-electron chi connectivity index (χ3n) is 2.88. The molecule has 1 unspecified atom stereocenters. The summed E-state index contributed by atoms with van der Waals surface area (Å²) in [7, 11) is -3.42. The van der Waals surface area contributed by atoms with Crippen LogP contribution in [0.5, 0.6) is 0 Å². The molecular formula is C11H18N2O3S2. The Morgan fingerprint density at radius 3 is 2.89 bits per heavy atom. The largest absolute Gasteiger partial charge is 0.377 e. The minimum Gasteiger partial charge on any atom is -0.377 e. The lowest BCUT2D eigenvalue weighted by molar-refractivity contribution is 0.0200. The van der Waals surface area contributed by atoms with Gasteiger partial charge in [-0.05, 0) is 31.4 Å².